The van der Waals surface area contributed by atoms with Gasteiger partial charge in [0.05, 0.1) is 12.0 Å². The number of halogens is 1. The normalized spacial score (nSPS) is 26.8. The fraction of sp³-hybridized carbons (Fsp3) is 0.667. The van der Waals surface area contributed by atoms with E-state index in [-0.39, 0.29) is 22.5 Å². The van der Waals surface area contributed by atoms with Gasteiger partial charge in [-0.3, -0.25) is 4.79 Å². The zero-order valence-corrected chi connectivity index (χ0v) is 11.1. The molecule has 96 valence electrons. The maximum atomic E-state index is 11.4. The second-order valence-electron chi connectivity index (χ2n) is 5.13. The Kier molecular flexibility index (Phi) is 3.87. The van der Waals surface area contributed by atoms with Crippen LogP contribution in [0.15, 0.2) is 11.1 Å². The van der Waals surface area contributed by atoms with Gasteiger partial charge in [-0.25, -0.2) is 4.79 Å². The van der Waals surface area contributed by atoms with E-state index in [1.54, 1.807) is 13.8 Å². The number of allylic oxidation sites excluding steroid dienone is 1. The highest BCUT2D eigenvalue weighted by Gasteiger charge is 2.61. The molecular weight excluding hydrogens is 244 g/mol. The molecule has 0 saturated heterocycles. The Hall–Kier alpha value is -1.03. The third kappa shape index (κ3) is 3.00. The smallest absolute Gasteiger partial charge is 0.349 e. The Morgan fingerprint density at radius 2 is 1.94 bits per heavy atom. The van der Waals surface area contributed by atoms with E-state index in [4.69, 9.17) is 21.4 Å². The molecule has 17 heavy (non-hydrogen) atoms. The van der Waals surface area contributed by atoms with Crippen LogP contribution in [0.1, 0.15) is 27.7 Å². The van der Waals surface area contributed by atoms with Crippen molar-refractivity contribution in [3.05, 3.63) is 11.1 Å². The summed E-state index contributed by atoms with van der Waals surface area (Å²) in [6.45, 7) is 7.13. The SMILES string of the molecule is CC(C)OC(=O)/C(Cl)=C/C1C(C(=O)O)C1(C)C. The Bertz CT molecular complexity index is 371. The molecule has 0 radical (unpaired) electrons. The molecule has 1 saturated carbocycles. The Labute approximate surface area is 106 Å². The minimum absolute atomic E-state index is 0.0412. The molecule has 0 amide bonds. The van der Waals surface area contributed by atoms with Crippen molar-refractivity contribution in [3.8, 4) is 0 Å². The molecule has 5 heteroatoms. The average Bonchev–Trinajstić information content (AvgIpc) is 2.66. The number of carboxylic acids is 1. The van der Waals surface area contributed by atoms with E-state index in [0.29, 0.717) is 0 Å². The molecule has 1 aliphatic rings. The van der Waals surface area contributed by atoms with Crippen molar-refractivity contribution in [1.29, 1.82) is 0 Å². The molecule has 2 unspecified atom stereocenters. The van der Waals surface area contributed by atoms with Crippen molar-refractivity contribution >= 4 is 23.5 Å². The van der Waals surface area contributed by atoms with E-state index in [2.05, 4.69) is 0 Å². The third-order valence-corrected chi connectivity index (χ3v) is 3.32. The first kappa shape index (κ1) is 14.0. The summed E-state index contributed by atoms with van der Waals surface area (Å²) in [5, 5.41) is 8.93. The number of rotatable bonds is 4. The second kappa shape index (κ2) is 4.69. The van der Waals surface area contributed by atoms with Crippen molar-refractivity contribution in [2.45, 2.75) is 33.8 Å². The molecule has 0 aliphatic heterocycles. The first-order chi connectivity index (χ1) is 7.67. The van der Waals surface area contributed by atoms with Gasteiger partial charge in [-0.15, -0.1) is 0 Å². The second-order valence-corrected chi connectivity index (χ2v) is 5.54. The summed E-state index contributed by atoms with van der Waals surface area (Å²) in [6, 6.07) is 0. The van der Waals surface area contributed by atoms with Gasteiger partial charge < -0.3 is 9.84 Å². The van der Waals surface area contributed by atoms with E-state index in [1.165, 1.54) is 6.08 Å². The van der Waals surface area contributed by atoms with E-state index < -0.39 is 17.9 Å². The van der Waals surface area contributed by atoms with Gasteiger partial charge in [0.1, 0.15) is 5.03 Å². The van der Waals surface area contributed by atoms with Crippen LogP contribution in [0.4, 0.5) is 0 Å². The fourth-order valence-corrected chi connectivity index (χ4v) is 2.14. The lowest BCUT2D eigenvalue weighted by molar-refractivity contribution is -0.142. The van der Waals surface area contributed by atoms with E-state index in [0.717, 1.165) is 0 Å². The zero-order valence-electron chi connectivity index (χ0n) is 10.4. The molecule has 0 aromatic carbocycles. The maximum absolute atomic E-state index is 11.4. The van der Waals surface area contributed by atoms with Crippen LogP contribution < -0.4 is 0 Å². The molecule has 0 aromatic rings. The predicted octanol–water partition coefficient (Wildman–Crippen LogP) is 2.42. The first-order valence-electron chi connectivity index (χ1n) is 5.49. The Morgan fingerprint density at radius 3 is 2.29 bits per heavy atom. The lowest BCUT2D eigenvalue weighted by atomic mass is 10.1. The third-order valence-electron chi connectivity index (χ3n) is 3.04. The lowest BCUT2D eigenvalue weighted by Gasteiger charge is -2.06. The van der Waals surface area contributed by atoms with Crippen molar-refractivity contribution in [3.63, 3.8) is 0 Å². The minimum Gasteiger partial charge on any atom is -0.481 e. The Morgan fingerprint density at radius 1 is 1.41 bits per heavy atom. The molecule has 0 bridgehead atoms. The fourth-order valence-electron chi connectivity index (χ4n) is 1.96. The average molecular weight is 261 g/mol. The number of hydrogen-bond donors (Lipinski definition) is 1. The van der Waals surface area contributed by atoms with Gasteiger partial charge >= 0.3 is 11.9 Å². The predicted molar refractivity (Wildman–Crippen MR) is 63.6 cm³/mol. The highest BCUT2D eigenvalue weighted by Crippen LogP contribution is 2.59. The standard InChI is InChI=1S/C12H17ClO4/c1-6(2)17-11(16)8(13)5-7-9(10(14)15)12(7,3)4/h5-7,9H,1-4H3,(H,14,15)/b8-5-. The summed E-state index contributed by atoms with van der Waals surface area (Å²) < 4.78 is 4.92. The number of hydrogen-bond acceptors (Lipinski definition) is 3. The largest absolute Gasteiger partial charge is 0.481 e. The van der Waals surface area contributed by atoms with Crippen molar-refractivity contribution < 1.29 is 19.4 Å². The summed E-state index contributed by atoms with van der Waals surface area (Å²) in [7, 11) is 0. The van der Waals surface area contributed by atoms with Crippen molar-refractivity contribution in [1.82, 2.24) is 0 Å². The molecule has 4 nitrogen and oxygen atoms in total. The lowest BCUT2D eigenvalue weighted by Crippen LogP contribution is -2.11. The summed E-state index contributed by atoms with van der Waals surface area (Å²) >= 11 is 5.80. The highest BCUT2D eigenvalue weighted by molar-refractivity contribution is 6.41. The van der Waals surface area contributed by atoms with Gasteiger partial charge in [0, 0.05) is 0 Å². The van der Waals surface area contributed by atoms with Gasteiger partial charge in [-0.2, -0.15) is 0 Å². The molecule has 1 N–H and O–H groups in total. The zero-order chi connectivity index (χ0) is 13.4. The van der Waals surface area contributed by atoms with Crippen LogP contribution in [0.25, 0.3) is 0 Å². The van der Waals surface area contributed by atoms with Crippen LogP contribution >= 0.6 is 11.6 Å². The molecule has 0 aromatic heterocycles. The quantitative estimate of drug-likeness (QED) is 0.623. The topological polar surface area (TPSA) is 63.6 Å². The Balaban J connectivity index is 2.71. The van der Waals surface area contributed by atoms with Crippen LogP contribution in [0.2, 0.25) is 0 Å². The number of carboxylic acid groups (broad SMARTS) is 1. The van der Waals surface area contributed by atoms with Gasteiger partial charge in [0.15, 0.2) is 0 Å². The van der Waals surface area contributed by atoms with Gasteiger partial charge in [-0.05, 0) is 25.2 Å². The van der Waals surface area contributed by atoms with Crippen LogP contribution in [-0.2, 0) is 14.3 Å². The van der Waals surface area contributed by atoms with E-state index >= 15 is 0 Å². The van der Waals surface area contributed by atoms with Gasteiger partial charge in [0.2, 0.25) is 0 Å². The highest BCUT2D eigenvalue weighted by atomic mass is 35.5. The molecule has 2 atom stereocenters. The molecule has 0 spiro atoms. The maximum Gasteiger partial charge on any atom is 0.349 e. The summed E-state index contributed by atoms with van der Waals surface area (Å²) in [5.41, 5.74) is -0.357. The van der Waals surface area contributed by atoms with Crippen molar-refractivity contribution in [2.24, 2.45) is 17.3 Å². The van der Waals surface area contributed by atoms with Gasteiger partial charge in [-0.1, -0.05) is 31.5 Å². The number of ether oxygens (including phenoxy) is 1. The molecular formula is C12H17ClO4. The number of carbonyl (C=O) groups excluding carboxylic acids is 1. The first-order valence-corrected chi connectivity index (χ1v) is 5.86. The van der Waals surface area contributed by atoms with Crippen LogP contribution in [0.5, 0.6) is 0 Å². The number of aliphatic carboxylic acids is 1. The summed E-state index contributed by atoms with van der Waals surface area (Å²) in [5.74, 6) is -2.17. The van der Waals surface area contributed by atoms with E-state index in [1.807, 2.05) is 13.8 Å². The van der Waals surface area contributed by atoms with Gasteiger partial charge in [0.25, 0.3) is 0 Å². The van der Waals surface area contributed by atoms with Crippen LogP contribution in [0.3, 0.4) is 0 Å². The summed E-state index contributed by atoms with van der Waals surface area (Å²) in [6.07, 6.45) is 1.25. The monoisotopic (exact) mass is 260 g/mol. The summed E-state index contributed by atoms with van der Waals surface area (Å²) in [4.78, 5) is 22.4. The van der Waals surface area contributed by atoms with Crippen LogP contribution in [0, 0.1) is 17.3 Å². The van der Waals surface area contributed by atoms with Crippen molar-refractivity contribution in [2.75, 3.05) is 0 Å². The molecule has 1 rings (SSSR count). The molecule has 0 heterocycles. The minimum atomic E-state index is -0.863. The van der Waals surface area contributed by atoms with Crippen LogP contribution in [-0.4, -0.2) is 23.1 Å². The molecule has 1 aliphatic carbocycles. The van der Waals surface area contributed by atoms with E-state index in [9.17, 15) is 9.59 Å². The molecule has 1 fully saturated rings. The number of carbonyl (C=O) groups is 2. The number of esters is 1.